The van der Waals surface area contributed by atoms with E-state index in [1.54, 1.807) is 0 Å². The van der Waals surface area contributed by atoms with Gasteiger partial charge in [-0.3, -0.25) is 4.57 Å². The first-order valence-corrected chi connectivity index (χ1v) is 13.3. The van der Waals surface area contributed by atoms with E-state index in [0.29, 0.717) is 17.5 Å². The fraction of sp³-hybridized carbons (Fsp3) is 0.913. The number of quaternary nitrogens is 1. The SMILES string of the molecule is CCCCC=CCCCCCCCCCCCOP(=O)(O)C(CC)[N+](C)(C)C. The molecule has 2 atom stereocenters. The van der Waals surface area contributed by atoms with Crippen LogP contribution in [0.3, 0.4) is 0 Å². The van der Waals surface area contributed by atoms with E-state index in [0.717, 1.165) is 12.8 Å². The highest BCUT2D eigenvalue weighted by Crippen LogP contribution is 2.51. The summed E-state index contributed by atoms with van der Waals surface area (Å²) in [6, 6.07) is 0. The molecule has 0 bridgehead atoms. The quantitative estimate of drug-likeness (QED) is 0.104. The molecule has 0 aliphatic heterocycles. The second kappa shape index (κ2) is 16.6. The summed E-state index contributed by atoms with van der Waals surface area (Å²) >= 11 is 0. The van der Waals surface area contributed by atoms with Crippen molar-refractivity contribution in [3.8, 4) is 0 Å². The van der Waals surface area contributed by atoms with Crippen molar-refractivity contribution in [2.45, 2.75) is 110 Å². The summed E-state index contributed by atoms with van der Waals surface area (Å²) < 4.78 is 18.3. The van der Waals surface area contributed by atoms with Gasteiger partial charge in [0.1, 0.15) is 0 Å². The van der Waals surface area contributed by atoms with E-state index in [9.17, 15) is 9.46 Å². The van der Waals surface area contributed by atoms with Crippen LogP contribution >= 0.6 is 7.60 Å². The third-order valence-electron chi connectivity index (χ3n) is 5.32. The van der Waals surface area contributed by atoms with Crippen LogP contribution in [0.5, 0.6) is 0 Å². The van der Waals surface area contributed by atoms with Gasteiger partial charge >= 0.3 is 7.60 Å². The molecular formula is C23H49NO3P+. The molecule has 4 nitrogen and oxygen atoms in total. The summed E-state index contributed by atoms with van der Waals surface area (Å²) in [4.78, 5) is 10.2. The molecule has 0 fully saturated rings. The molecule has 0 aromatic heterocycles. The van der Waals surface area contributed by atoms with Gasteiger partial charge < -0.3 is 13.9 Å². The average Bonchev–Trinajstić information content (AvgIpc) is 2.60. The highest BCUT2D eigenvalue weighted by molar-refractivity contribution is 7.53. The minimum absolute atomic E-state index is 0.348. The predicted octanol–water partition coefficient (Wildman–Crippen LogP) is 7.28. The summed E-state index contributed by atoms with van der Waals surface area (Å²) in [6.45, 7) is 4.59. The summed E-state index contributed by atoms with van der Waals surface area (Å²) in [7, 11) is 2.30. The van der Waals surface area contributed by atoms with Gasteiger partial charge in [0, 0.05) is 6.42 Å². The maximum Gasteiger partial charge on any atom is 0.385 e. The van der Waals surface area contributed by atoms with Crippen LogP contribution in [-0.2, 0) is 9.09 Å². The Balaban J connectivity index is 3.53. The highest BCUT2D eigenvalue weighted by atomic mass is 31.2. The molecule has 0 spiro atoms. The Morgan fingerprint density at radius 2 is 1.29 bits per heavy atom. The van der Waals surface area contributed by atoms with Crippen molar-refractivity contribution in [2.75, 3.05) is 27.7 Å². The monoisotopic (exact) mass is 418 g/mol. The standard InChI is InChI=1S/C23H48NO3P/c1-6-8-9-10-11-12-13-14-15-16-17-18-19-20-21-22-27-28(25,26)23(7-2)24(3,4)5/h10-11,23H,6-9,12-22H2,1-5H3/p+1. The van der Waals surface area contributed by atoms with Gasteiger partial charge in [-0.05, 0) is 25.7 Å². The number of rotatable bonds is 19. The van der Waals surface area contributed by atoms with Crippen LogP contribution in [0.15, 0.2) is 12.2 Å². The van der Waals surface area contributed by atoms with Crippen LogP contribution in [0, 0.1) is 0 Å². The number of hydrogen-bond acceptors (Lipinski definition) is 2. The van der Waals surface area contributed by atoms with Gasteiger partial charge in [-0.1, -0.05) is 83.8 Å². The van der Waals surface area contributed by atoms with E-state index in [2.05, 4.69) is 19.1 Å². The van der Waals surface area contributed by atoms with Crippen LogP contribution in [0.2, 0.25) is 0 Å². The lowest BCUT2D eigenvalue weighted by Crippen LogP contribution is -2.44. The summed E-state index contributed by atoms with van der Waals surface area (Å²) in [5, 5.41) is 0. The molecule has 0 aromatic rings. The number of hydrogen-bond donors (Lipinski definition) is 1. The van der Waals surface area contributed by atoms with Crippen molar-refractivity contribution in [1.82, 2.24) is 0 Å². The Morgan fingerprint density at radius 1 is 0.821 bits per heavy atom. The Kier molecular flexibility index (Phi) is 16.5. The molecule has 0 saturated heterocycles. The zero-order valence-electron chi connectivity index (χ0n) is 19.5. The van der Waals surface area contributed by atoms with Gasteiger partial charge in [0.25, 0.3) is 0 Å². The third-order valence-corrected chi connectivity index (χ3v) is 7.68. The molecule has 0 amide bonds. The lowest BCUT2D eigenvalue weighted by atomic mass is 10.1. The van der Waals surface area contributed by atoms with Crippen molar-refractivity contribution in [1.29, 1.82) is 0 Å². The van der Waals surface area contributed by atoms with E-state index >= 15 is 0 Å². The Labute approximate surface area is 175 Å². The van der Waals surface area contributed by atoms with E-state index < -0.39 is 7.60 Å². The predicted molar refractivity (Wildman–Crippen MR) is 123 cm³/mol. The second-order valence-electron chi connectivity index (χ2n) is 8.99. The van der Waals surface area contributed by atoms with E-state index in [4.69, 9.17) is 4.52 Å². The molecule has 5 heteroatoms. The van der Waals surface area contributed by atoms with E-state index in [1.807, 2.05) is 28.1 Å². The Bertz CT molecular complexity index is 432. The second-order valence-corrected chi connectivity index (χ2v) is 11.0. The van der Waals surface area contributed by atoms with Crippen LogP contribution in [0.1, 0.15) is 104 Å². The topological polar surface area (TPSA) is 46.5 Å². The average molecular weight is 419 g/mol. The van der Waals surface area contributed by atoms with Crippen molar-refractivity contribution in [3.05, 3.63) is 12.2 Å². The van der Waals surface area contributed by atoms with Crippen LogP contribution in [0.4, 0.5) is 0 Å². The van der Waals surface area contributed by atoms with Crippen LogP contribution < -0.4 is 0 Å². The normalized spacial score (nSPS) is 15.8. The lowest BCUT2D eigenvalue weighted by Gasteiger charge is -2.35. The van der Waals surface area contributed by atoms with Crippen molar-refractivity contribution < 1.29 is 18.5 Å². The zero-order chi connectivity index (χ0) is 21.3. The van der Waals surface area contributed by atoms with Gasteiger partial charge in [-0.2, -0.15) is 0 Å². The number of nitrogens with zero attached hydrogens (tertiary/aromatic N) is 1. The molecule has 0 aliphatic rings. The van der Waals surface area contributed by atoms with Crippen molar-refractivity contribution in [3.63, 3.8) is 0 Å². The number of unbranched alkanes of at least 4 members (excludes halogenated alkanes) is 11. The molecular weight excluding hydrogens is 369 g/mol. The van der Waals surface area contributed by atoms with Gasteiger partial charge in [0.15, 0.2) is 5.78 Å². The molecule has 28 heavy (non-hydrogen) atoms. The molecule has 2 unspecified atom stereocenters. The molecule has 0 radical (unpaired) electrons. The smallest absolute Gasteiger partial charge is 0.320 e. The molecule has 1 N–H and O–H groups in total. The van der Waals surface area contributed by atoms with E-state index in [1.165, 1.54) is 70.6 Å². The Morgan fingerprint density at radius 3 is 1.75 bits per heavy atom. The Hall–Kier alpha value is -0.150. The molecule has 0 aliphatic carbocycles. The fourth-order valence-corrected chi connectivity index (χ4v) is 5.56. The molecule has 0 heterocycles. The van der Waals surface area contributed by atoms with Crippen molar-refractivity contribution >= 4 is 7.60 Å². The third kappa shape index (κ3) is 14.8. The summed E-state index contributed by atoms with van der Waals surface area (Å²) in [6.07, 6.45) is 21.5. The summed E-state index contributed by atoms with van der Waals surface area (Å²) in [5.41, 5.74) is 0. The van der Waals surface area contributed by atoms with Gasteiger partial charge in [0.2, 0.25) is 0 Å². The highest BCUT2D eigenvalue weighted by Gasteiger charge is 2.41. The van der Waals surface area contributed by atoms with Gasteiger partial charge in [-0.15, -0.1) is 0 Å². The number of allylic oxidation sites excluding steroid dienone is 2. The van der Waals surface area contributed by atoms with Gasteiger partial charge in [-0.25, -0.2) is 0 Å². The minimum Gasteiger partial charge on any atom is -0.320 e. The molecule has 168 valence electrons. The van der Waals surface area contributed by atoms with Gasteiger partial charge in [0.05, 0.1) is 27.7 Å². The fourth-order valence-electron chi connectivity index (χ4n) is 3.66. The minimum atomic E-state index is -3.54. The first-order valence-electron chi connectivity index (χ1n) is 11.7. The summed E-state index contributed by atoms with van der Waals surface area (Å²) in [5.74, 6) is -0.348. The first-order chi connectivity index (χ1) is 13.3. The maximum atomic E-state index is 12.5. The van der Waals surface area contributed by atoms with E-state index in [-0.39, 0.29) is 5.78 Å². The van der Waals surface area contributed by atoms with Crippen LogP contribution in [0.25, 0.3) is 0 Å². The zero-order valence-corrected chi connectivity index (χ0v) is 20.4. The molecule has 0 aromatic carbocycles. The van der Waals surface area contributed by atoms with Crippen molar-refractivity contribution in [2.24, 2.45) is 0 Å². The largest absolute Gasteiger partial charge is 0.385 e. The molecule has 0 saturated carbocycles. The maximum absolute atomic E-state index is 12.5. The van der Waals surface area contributed by atoms with Crippen LogP contribution in [-0.4, -0.2) is 42.9 Å². The molecule has 0 rings (SSSR count). The first kappa shape index (κ1) is 27.8. The lowest BCUT2D eigenvalue weighted by molar-refractivity contribution is -0.883.